The van der Waals surface area contributed by atoms with Crippen molar-refractivity contribution in [3.63, 3.8) is 0 Å². The number of piperidine rings is 1. The number of ether oxygens (including phenoxy) is 1. The number of aryl methyl sites for hydroxylation is 1. The number of hydrogen-bond acceptors (Lipinski definition) is 7. The van der Waals surface area contributed by atoms with E-state index in [1.165, 1.54) is 0 Å². The van der Waals surface area contributed by atoms with Crippen LogP contribution in [-0.2, 0) is 11.8 Å². The second-order valence-corrected chi connectivity index (χ2v) is 11.2. The Morgan fingerprint density at radius 1 is 1.11 bits per heavy atom. The number of fused-ring (bicyclic) bond motifs is 2. The molecule has 2 fully saturated rings. The highest BCUT2D eigenvalue weighted by Gasteiger charge is 2.55. The van der Waals surface area contributed by atoms with Crippen molar-refractivity contribution >= 4 is 17.4 Å². The summed E-state index contributed by atoms with van der Waals surface area (Å²) in [5.74, 6) is 2.56. The Bertz CT molecular complexity index is 1540. The maximum atomic E-state index is 12.0. The maximum Gasteiger partial charge on any atom is 0.407 e. The van der Waals surface area contributed by atoms with Gasteiger partial charge in [0, 0.05) is 67.5 Å². The van der Waals surface area contributed by atoms with Gasteiger partial charge in [0.2, 0.25) is 0 Å². The van der Waals surface area contributed by atoms with Gasteiger partial charge in [-0.15, -0.1) is 0 Å². The summed E-state index contributed by atoms with van der Waals surface area (Å²) in [5.41, 5.74) is 4.55. The van der Waals surface area contributed by atoms with Crippen LogP contribution in [0.25, 0.3) is 27.8 Å². The molecule has 1 N–H and O–H groups in total. The van der Waals surface area contributed by atoms with E-state index in [1.807, 2.05) is 58.7 Å². The highest BCUT2D eigenvalue weighted by molar-refractivity contribution is 5.87. The lowest BCUT2D eigenvalue weighted by Gasteiger charge is -2.22. The summed E-state index contributed by atoms with van der Waals surface area (Å²) >= 11 is 0. The molecular weight excluding hydrogens is 480 g/mol. The fraction of sp³-hybridized carbons (Fsp3) is 0.393. The number of nitrogens with one attached hydrogen (secondary N) is 1. The lowest BCUT2D eigenvalue weighted by Crippen LogP contribution is -2.35. The SMILES string of the molecule is Cn1cc(-c2cc(-c3ccc(N4C[C@@H]5[C@@H](CNC(=O)OC(C)(C)C)[C@@H]5C4)nc3)c3c(C#N)cnn3c2)cn1. The van der Waals surface area contributed by atoms with Gasteiger partial charge < -0.3 is 15.0 Å². The van der Waals surface area contributed by atoms with E-state index in [9.17, 15) is 10.1 Å². The smallest absolute Gasteiger partial charge is 0.407 e. The van der Waals surface area contributed by atoms with Crippen LogP contribution in [0.3, 0.4) is 0 Å². The number of anilines is 1. The molecule has 0 unspecified atom stereocenters. The molecule has 3 atom stereocenters. The molecule has 0 bridgehead atoms. The number of rotatable bonds is 5. The monoisotopic (exact) mass is 510 g/mol. The van der Waals surface area contributed by atoms with Crippen LogP contribution >= 0.6 is 0 Å². The average molecular weight is 511 g/mol. The van der Waals surface area contributed by atoms with E-state index >= 15 is 0 Å². The second kappa shape index (κ2) is 8.87. The predicted octanol–water partition coefficient (Wildman–Crippen LogP) is 3.88. The van der Waals surface area contributed by atoms with Gasteiger partial charge >= 0.3 is 6.09 Å². The Kier molecular flexibility index (Phi) is 5.60. The Labute approximate surface area is 220 Å². The summed E-state index contributed by atoms with van der Waals surface area (Å²) in [6.45, 7) is 8.12. The van der Waals surface area contributed by atoms with Crippen molar-refractivity contribution in [2.45, 2.75) is 26.4 Å². The molecule has 0 radical (unpaired) electrons. The Balaban J connectivity index is 1.17. The number of nitriles is 1. The van der Waals surface area contributed by atoms with Crippen LogP contribution in [0.15, 0.2) is 49.2 Å². The van der Waals surface area contributed by atoms with Crippen molar-refractivity contribution in [2.75, 3.05) is 24.5 Å². The number of nitrogens with zero attached hydrogens (tertiary/aromatic N) is 7. The van der Waals surface area contributed by atoms with Crippen LogP contribution in [0.1, 0.15) is 26.3 Å². The summed E-state index contributed by atoms with van der Waals surface area (Å²) in [5, 5.41) is 21.3. The van der Waals surface area contributed by atoms with Crippen LogP contribution in [0.5, 0.6) is 0 Å². The third-order valence-electron chi connectivity index (χ3n) is 7.41. The number of carbonyl (C=O) groups is 1. The molecule has 1 aliphatic heterocycles. The summed E-state index contributed by atoms with van der Waals surface area (Å²) in [7, 11) is 1.88. The van der Waals surface area contributed by atoms with Crippen molar-refractivity contribution in [3.05, 3.63) is 54.7 Å². The fourth-order valence-corrected chi connectivity index (χ4v) is 5.54. The summed E-state index contributed by atoms with van der Waals surface area (Å²) in [4.78, 5) is 19.1. The van der Waals surface area contributed by atoms with Crippen molar-refractivity contribution < 1.29 is 9.53 Å². The summed E-state index contributed by atoms with van der Waals surface area (Å²) < 4.78 is 8.86. The molecular formula is C28H30N8O2. The highest BCUT2D eigenvalue weighted by atomic mass is 16.6. The Morgan fingerprint density at radius 2 is 1.89 bits per heavy atom. The zero-order valence-electron chi connectivity index (χ0n) is 21.9. The van der Waals surface area contributed by atoms with Crippen LogP contribution in [0.4, 0.5) is 10.6 Å². The normalized spacial score (nSPS) is 20.3. The Hall–Kier alpha value is -4.39. The molecule has 6 rings (SSSR count). The van der Waals surface area contributed by atoms with E-state index in [4.69, 9.17) is 9.72 Å². The van der Waals surface area contributed by atoms with Gasteiger partial charge in [0.1, 0.15) is 17.5 Å². The molecule has 4 aromatic heterocycles. The lowest BCUT2D eigenvalue weighted by atomic mass is 10.0. The molecule has 4 aromatic rings. The van der Waals surface area contributed by atoms with Crippen molar-refractivity contribution in [3.8, 4) is 28.3 Å². The molecule has 0 aromatic carbocycles. The predicted molar refractivity (Wildman–Crippen MR) is 142 cm³/mol. The number of pyridine rings is 2. The maximum absolute atomic E-state index is 12.0. The summed E-state index contributed by atoms with van der Waals surface area (Å²) in [6, 6.07) is 8.43. The highest BCUT2D eigenvalue weighted by Crippen LogP contribution is 2.52. The second-order valence-electron chi connectivity index (χ2n) is 11.2. The Morgan fingerprint density at radius 3 is 2.53 bits per heavy atom. The molecule has 1 amide bonds. The number of alkyl carbamates (subject to hydrolysis) is 1. The third-order valence-corrected chi connectivity index (χ3v) is 7.41. The van der Waals surface area contributed by atoms with E-state index in [2.05, 4.69) is 38.6 Å². The van der Waals surface area contributed by atoms with E-state index in [0.29, 0.717) is 29.9 Å². The van der Waals surface area contributed by atoms with Gasteiger partial charge in [0.15, 0.2) is 0 Å². The molecule has 38 heavy (non-hydrogen) atoms. The zero-order chi connectivity index (χ0) is 26.6. The minimum Gasteiger partial charge on any atom is -0.444 e. The van der Waals surface area contributed by atoms with Gasteiger partial charge in [-0.2, -0.15) is 15.5 Å². The van der Waals surface area contributed by atoms with Crippen molar-refractivity contribution in [2.24, 2.45) is 24.8 Å². The van der Waals surface area contributed by atoms with E-state index in [0.717, 1.165) is 46.7 Å². The number of carbonyl (C=O) groups excluding carboxylic acids is 1. The van der Waals surface area contributed by atoms with Crippen LogP contribution in [0, 0.1) is 29.1 Å². The van der Waals surface area contributed by atoms with E-state index in [-0.39, 0.29) is 6.09 Å². The molecule has 2 aliphatic rings. The minimum atomic E-state index is -0.488. The lowest BCUT2D eigenvalue weighted by molar-refractivity contribution is 0.0524. The number of aromatic nitrogens is 5. The first-order chi connectivity index (χ1) is 18.2. The molecule has 1 saturated carbocycles. The fourth-order valence-electron chi connectivity index (χ4n) is 5.54. The van der Waals surface area contributed by atoms with Crippen molar-refractivity contribution in [1.29, 1.82) is 5.26 Å². The number of amides is 1. The van der Waals surface area contributed by atoms with Gasteiger partial charge in [-0.25, -0.2) is 14.3 Å². The topological polar surface area (TPSA) is 113 Å². The van der Waals surface area contributed by atoms with Crippen LogP contribution < -0.4 is 10.2 Å². The largest absolute Gasteiger partial charge is 0.444 e. The van der Waals surface area contributed by atoms with E-state index < -0.39 is 5.60 Å². The van der Waals surface area contributed by atoms with Crippen LogP contribution in [0.2, 0.25) is 0 Å². The van der Waals surface area contributed by atoms with Crippen LogP contribution in [-0.4, -0.2) is 55.7 Å². The average Bonchev–Trinajstić information content (AvgIpc) is 3.32. The molecule has 10 heteroatoms. The van der Waals surface area contributed by atoms with Crippen molar-refractivity contribution in [1.82, 2.24) is 29.7 Å². The molecule has 1 saturated heterocycles. The first kappa shape index (κ1) is 24.0. The third kappa shape index (κ3) is 4.45. The first-order valence-corrected chi connectivity index (χ1v) is 12.8. The molecule has 1 aliphatic carbocycles. The van der Waals surface area contributed by atoms with Gasteiger partial charge in [0.25, 0.3) is 0 Å². The molecule has 0 spiro atoms. The first-order valence-electron chi connectivity index (χ1n) is 12.8. The summed E-state index contributed by atoms with van der Waals surface area (Å²) in [6.07, 6.45) is 8.81. The molecule has 10 nitrogen and oxygen atoms in total. The van der Waals surface area contributed by atoms with E-state index in [1.54, 1.807) is 15.4 Å². The zero-order valence-corrected chi connectivity index (χ0v) is 21.9. The number of hydrogen-bond donors (Lipinski definition) is 1. The molecule has 5 heterocycles. The van der Waals surface area contributed by atoms with Gasteiger partial charge in [-0.1, -0.05) is 0 Å². The molecule has 194 valence electrons. The quantitative estimate of drug-likeness (QED) is 0.433. The van der Waals surface area contributed by atoms with Gasteiger partial charge in [-0.05, 0) is 56.7 Å². The standard InChI is InChI=1S/C28H30N8O2/c1-28(2,3)38-27(37)31-12-22-23-15-35(16-24(22)23)25-6-5-17(9-30-25)21-7-18(20-11-32-34(4)13-20)14-36-26(21)19(8-29)10-33-36/h5-7,9-11,13-14,22-24H,12,15-16H2,1-4H3,(H,31,37)/t22-,23-,24+. The van der Waals surface area contributed by atoms with Gasteiger partial charge in [0.05, 0.1) is 23.5 Å². The minimum absolute atomic E-state index is 0.351. The van der Waals surface area contributed by atoms with Gasteiger partial charge in [-0.3, -0.25) is 4.68 Å².